The minimum absolute atomic E-state index is 0.267. The Morgan fingerprint density at radius 1 is 1.38 bits per heavy atom. The van der Waals surface area contributed by atoms with Gasteiger partial charge in [0, 0.05) is 10.3 Å². The third-order valence-electron chi connectivity index (χ3n) is 2.35. The van der Waals surface area contributed by atoms with Crippen LogP contribution in [0.25, 0.3) is 0 Å². The molecule has 2 rings (SSSR count). The quantitative estimate of drug-likeness (QED) is 0.890. The molecule has 1 unspecified atom stereocenters. The third kappa shape index (κ3) is 2.23. The number of nitrogens with two attached hydrogens (primary N) is 1. The van der Waals surface area contributed by atoms with Gasteiger partial charge in [-0.15, -0.1) is 11.3 Å². The van der Waals surface area contributed by atoms with Gasteiger partial charge in [0.25, 0.3) is 0 Å². The second kappa shape index (κ2) is 4.63. The van der Waals surface area contributed by atoms with Crippen molar-refractivity contribution in [1.29, 1.82) is 0 Å². The number of rotatable bonds is 3. The molecule has 1 aromatic carbocycles. The van der Waals surface area contributed by atoms with E-state index in [2.05, 4.69) is 0 Å². The summed E-state index contributed by atoms with van der Waals surface area (Å²) in [4.78, 5) is 0.961. The van der Waals surface area contributed by atoms with Crippen LogP contribution >= 0.6 is 11.3 Å². The number of ether oxygens (including phenoxy) is 1. The van der Waals surface area contributed by atoms with Gasteiger partial charge in [-0.3, -0.25) is 0 Å². The zero-order chi connectivity index (χ0) is 11.5. The van der Waals surface area contributed by atoms with Crippen LogP contribution in [0.3, 0.4) is 0 Å². The van der Waals surface area contributed by atoms with Crippen molar-refractivity contribution in [2.75, 3.05) is 7.11 Å². The molecule has 2 N–H and O–H groups in total. The predicted molar refractivity (Wildman–Crippen MR) is 63.3 cm³/mol. The van der Waals surface area contributed by atoms with E-state index < -0.39 is 0 Å². The molecule has 0 aliphatic carbocycles. The summed E-state index contributed by atoms with van der Waals surface area (Å²) in [5.41, 5.74) is 6.81. The van der Waals surface area contributed by atoms with Crippen LogP contribution < -0.4 is 10.5 Å². The predicted octanol–water partition coefficient (Wildman–Crippen LogP) is 2.94. The molecular formula is C12H12FNOS. The standard InChI is InChI=1S/C12H12FNOS/c1-15-10-6-11(16-7-10)12(14)8-3-2-4-9(13)5-8/h2-7,12H,14H2,1H3. The van der Waals surface area contributed by atoms with E-state index in [1.165, 1.54) is 23.5 Å². The average molecular weight is 237 g/mol. The molecule has 0 spiro atoms. The Bertz CT molecular complexity index is 483. The molecule has 0 aliphatic heterocycles. The number of methoxy groups -OCH3 is 1. The minimum Gasteiger partial charge on any atom is -0.496 e. The maximum atomic E-state index is 13.0. The normalized spacial score (nSPS) is 12.4. The second-order valence-electron chi connectivity index (χ2n) is 3.42. The van der Waals surface area contributed by atoms with Crippen molar-refractivity contribution >= 4 is 11.3 Å². The zero-order valence-electron chi connectivity index (χ0n) is 8.81. The highest BCUT2D eigenvalue weighted by molar-refractivity contribution is 7.10. The third-order valence-corrected chi connectivity index (χ3v) is 3.34. The smallest absolute Gasteiger partial charge is 0.129 e. The number of thiophene rings is 1. The molecule has 4 heteroatoms. The molecule has 2 nitrogen and oxygen atoms in total. The van der Waals surface area contributed by atoms with Gasteiger partial charge in [0.2, 0.25) is 0 Å². The lowest BCUT2D eigenvalue weighted by Crippen LogP contribution is -2.10. The molecule has 0 radical (unpaired) electrons. The van der Waals surface area contributed by atoms with Crippen LogP contribution in [-0.2, 0) is 0 Å². The fourth-order valence-electron chi connectivity index (χ4n) is 1.47. The van der Waals surface area contributed by atoms with Gasteiger partial charge < -0.3 is 10.5 Å². The van der Waals surface area contributed by atoms with E-state index in [4.69, 9.17) is 10.5 Å². The van der Waals surface area contributed by atoms with E-state index in [1.807, 2.05) is 17.5 Å². The molecule has 0 bridgehead atoms. The molecule has 2 aromatic rings. The minimum atomic E-state index is -0.301. The molecule has 0 saturated heterocycles. The number of halogens is 1. The molecule has 1 aromatic heterocycles. The summed E-state index contributed by atoms with van der Waals surface area (Å²) in [7, 11) is 1.61. The van der Waals surface area contributed by atoms with Gasteiger partial charge in [-0.05, 0) is 23.8 Å². The number of hydrogen-bond donors (Lipinski definition) is 1. The molecule has 16 heavy (non-hydrogen) atoms. The monoisotopic (exact) mass is 237 g/mol. The van der Waals surface area contributed by atoms with E-state index in [0.29, 0.717) is 0 Å². The van der Waals surface area contributed by atoms with Gasteiger partial charge in [-0.1, -0.05) is 12.1 Å². The second-order valence-corrected chi connectivity index (χ2v) is 4.36. The Labute approximate surface area is 97.5 Å². The number of hydrogen-bond acceptors (Lipinski definition) is 3. The first-order chi connectivity index (χ1) is 7.70. The average Bonchev–Trinajstić information content (AvgIpc) is 2.76. The largest absolute Gasteiger partial charge is 0.496 e. The lowest BCUT2D eigenvalue weighted by molar-refractivity contribution is 0.416. The molecular weight excluding hydrogens is 225 g/mol. The van der Waals surface area contributed by atoms with Gasteiger partial charge in [0.15, 0.2) is 0 Å². The van der Waals surface area contributed by atoms with Crippen molar-refractivity contribution in [1.82, 2.24) is 0 Å². The van der Waals surface area contributed by atoms with Crippen molar-refractivity contribution in [3.05, 3.63) is 52.0 Å². The maximum Gasteiger partial charge on any atom is 0.129 e. The first-order valence-corrected chi connectivity index (χ1v) is 5.72. The van der Waals surface area contributed by atoms with Crippen LogP contribution in [0.1, 0.15) is 16.5 Å². The molecule has 1 atom stereocenters. The Balaban J connectivity index is 2.27. The van der Waals surface area contributed by atoms with Crippen molar-refractivity contribution in [2.45, 2.75) is 6.04 Å². The van der Waals surface area contributed by atoms with Crippen LogP contribution in [-0.4, -0.2) is 7.11 Å². The lowest BCUT2D eigenvalue weighted by Gasteiger charge is -2.09. The summed E-state index contributed by atoms with van der Waals surface area (Å²) in [6, 6.07) is 7.92. The highest BCUT2D eigenvalue weighted by atomic mass is 32.1. The van der Waals surface area contributed by atoms with E-state index in [0.717, 1.165) is 16.2 Å². The number of benzene rings is 1. The Morgan fingerprint density at radius 2 is 2.19 bits per heavy atom. The fraction of sp³-hybridized carbons (Fsp3) is 0.167. The first-order valence-electron chi connectivity index (χ1n) is 4.84. The molecule has 84 valence electrons. The van der Waals surface area contributed by atoms with Crippen LogP contribution in [0.2, 0.25) is 0 Å². The van der Waals surface area contributed by atoms with Crippen LogP contribution in [0.5, 0.6) is 5.75 Å². The fourth-order valence-corrected chi connectivity index (χ4v) is 2.35. The lowest BCUT2D eigenvalue weighted by atomic mass is 10.1. The summed E-state index contributed by atoms with van der Waals surface area (Å²) in [6.07, 6.45) is 0. The van der Waals surface area contributed by atoms with Gasteiger partial charge in [0.1, 0.15) is 11.6 Å². The van der Waals surface area contributed by atoms with E-state index in [9.17, 15) is 4.39 Å². The van der Waals surface area contributed by atoms with Gasteiger partial charge in [-0.25, -0.2) is 4.39 Å². The van der Waals surface area contributed by atoms with Crippen molar-refractivity contribution in [3.63, 3.8) is 0 Å². The summed E-state index contributed by atoms with van der Waals surface area (Å²) in [5.74, 6) is 0.517. The molecule has 0 fully saturated rings. The summed E-state index contributed by atoms with van der Waals surface area (Å²) in [6.45, 7) is 0. The Morgan fingerprint density at radius 3 is 2.81 bits per heavy atom. The molecule has 1 heterocycles. The van der Waals surface area contributed by atoms with E-state index in [-0.39, 0.29) is 11.9 Å². The summed E-state index contributed by atoms with van der Waals surface area (Å²) >= 11 is 1.51. The maximum absolute atomic E-state index is 13.0. The van der Waals surface area contributed by atoms with Gasteiger partial charge >= 0.3 is 0 Å². The Kier molecular flexibility index (Phi) is 3.22. The highest BCUT2D eigenvalue weighted by Gasteiger charge is 2.12. The molecule has 0 saturated carbocycles. The van der Waals surface area contributed by atoms with E-state index in [1.54, 1.807) is 13.2 Å². The SMILES string of the molecule is COc1csc(C(N)c2cccc(F)c2)c1. The summed E-state index contributed by atoms with van der Waals surface area (Å²) in [5, 5.41) is 1.88. The van der Waals surface area contributed by atoms with E-state index >= 15 is 0 Å². The summed E-state index contributed by atoms with van der Waals surface area (Å²) < 4.78 is 18.1. The van der Waals surface area contributed by atoms with Crippen LogP contribution in [0.4, 0.5) is 4.39 Å². The topological polar surface area (TPSA) is 35.2 Å². The highest BCUT2D eigenvalue weighted by Crippen LogP contribution is 2.29. The van der Waals surface area contributed by atoms with Crippen molar-refractivity contribution < 1.29 is 9.13 Å². The van der Waals surface area contributed by atoms with Crippen molar-refractivity contribution in [3.8, 4) is 5.75 Å². The van der Waals surface area contributed by atoms with Gasteiger partial charge in [-0.2, -0.15) is 0 Å². The first kappa shape index (κ1) is 11.1. The van der Waals surface area contributed by atoms with Crippen LogP contribution in [0, 0.1) is 5.82 Å². The Hall–Kier alpha value is -1.39. The zero-order valence-corrected chi connectivity index (χ0v) is 9.63. The van der Waals surface area contributed by atoms with Crippen molar-refractivity contribution in [2.24, 2.45) is 5.73 Å². The van der Waals surface area contributed by atoms with Crippen LogP contribution in [0.15, 0.2) is 35.7 Å². The molecule has 0 amide bonds. The van der Waals surface area contributed by atoms with Gasteiger partial charge in [0.05, 0.1) is 13.2 Å². The molecule has 0 aliphatic rings.